The molecule has 0 aromatic heterocycles. The molecule has 0 spiro atoms. The van der Waals surface area contributed by atoms with E-state index in [9.17, 15) is 17.6 Å². The summed E-state index contributed by atoms with van der Waals surface area (Å²) in [5.41, 5.74) is -0.0643. The zero-order valence-corrected chi connectivity index (χ0v) is 17.5. The van der Waals surface area contributed by atoms with Gasteiger partial charge in [-0.25, -0.2) is 17.6 Å². The average molecular weight is 427 g/mol. The molecule has 1 aliphatic rings. The standard InChI is InChI=1S/C24H27ClF4/c1-2-4-15-7-9-16(10-8-15)5-3-6-17-11-19(26)23(20(27)12-17)18-13-21(28)24(25)22(29)14-18/h11-16H,2-10H2,1H3. The van der Waals surface area contributed by atoms with Crippen molar-refractivity contribution in [2.45, 2.75) is 64.7 Å². The van der Waals surface area contributed by atoms with Gasteiger partial charge < -0.3 is 0 Å². The summed E-state index contributed by atoms with van der Waals surface area (Å²) >= 11 is 5.45. The van der Waals surface area contributed by atoms with Crippen LogP contribution in [-0.2, 0) is 6.42 Å². The third kappa shape index (κ3) is 5.53. The molecule has 0 N–H and O–H groups in total. The molecule has 2 aromatic carbocycles. The second-order valence-corrected chi connectivity index (χ2v) is 8.63. The van der Waals surface area contributed by atoms with Crippen LogP contribution in [0.15, 0.2) is 24.3 Å². The van der Waals surface area contributed by atoms with Gasteiger partial charge in [0.2, 0.25) is 0 Å². The Labute approximate surface area is 175 Å². The van der Waals surface area contributed by atoms with Crippen molar-refractivity contribution >= 4 is 11.6 Å². The molecule has 1 aliphatic carbocycles. The number of hydrogen-bond donors (Lipinski definition) is 0. The normalized spacial score (nSPS) is 19.5. The van der Waals surface area contributed by atoms with Crippen LogP contribution in [0, 0.1) is 35.1 Å². The molecule has 0 saturated heterocycles. The lowest BCUT2D eigenvalue weighted by Gasteiger charge is -2.28. The Kier molecular flexibility index (Phi) is 7.61. The highest BCUT2D eigenvalue weighted by Gasteiger charge is 2.21. The molecule has 0 nitrogen and oxygen atoms in total. The lowest BCUT2D eigenvalue weighted by atomic mass is 9.78. The third-order valence-corrected chi connectivity index (χ3v) is 6.48. The van der Waals surface area contributed by atoms with E-state index in [0.717, 1.165) is 30.9 Å². The van der Waals surface area contributed by atoms with Gasteiger partial charge in [0.1, 0.15) is 28.3 Å². The Bertz CT molecular complexity index is 795. The van der Waals surface area contributed by atoms with Crippen LogP contribution in [0.5, 0.6) is 0 Å². The first-order chi connectivity index (χ1) is 13.9. The number of hydrogen-bond acceptors (Lipinski definition) is 0. The summed E-state index contributed by atoms with van der Waals surface area (Å²) in [6.07, 6.45) is 10.2. The molecule has 2 aromatic rings. The molecule has 0 atom stereocenters. The Balaban J connectivity index is 1.61. The molecule has 0 aliphatic heterocycles. The molecular weight excluding hydrogens is 400 g/mol. The Hall–Kier alpha value is -1.55. The Morgan fingerprint density at radius 2 is 1.31 bits per heavy atom. The maximum absolute atomic E-state index is 14.5. The SMILES string of the molecule is CCCC1CCC(CCCc2cc(F)c(-c3cc(F)c(Cl)c(F)c3)c(F)c2)CC1. The summed E-state index contributed by atoms with van der Waals surface area (Å²) in [6, 6.07) is 4.23. The fourth-order valence-corrected chi connectivity index (χ4v) is 4.67. The van der Waals surface area contributed by atoms with Gasteiger partial charge in [-0.05, 0) is 60.1 Å². The number of aryl methyl sites for hydroxylation is 1. The Morgan fingerprint density at radius 1 is 0.793 bits per heavy atom. The van der Waals surface area contributed by atoms with Crippen LogP contribution in [0.25, 0.3) is 11.1 Å². The maximum Gasteiger partial charge on any atom is 0.145 e. The van der Waals surface area contributed by atoms with E-state index in [1.165, 1.54) is 50.7 Å². The van der Waals surface area contributed by atoms with E-state index in [4.69, 9.17) is 11.6 Å². The van der Waals surface area contributed by atoms with E-state index in [1.807, 2.05) is 0 Å². The first kappa shape index (κ1) is 22.1. The van der Waals surface area contributed by atoms with Crippen LogP contribution in [0.2, 0.25) is 5.02 Å². The number of benzene rings is 2. The quantitative estimate of drug-likeness (QED) is 0.307. The van der Waals surface area contributed by atoms with Crippen molar-refractivity contribution in [2.24, 2.45) is 11.8 Å². The minimum atomic E-state index is -1.04. The molecule has 0 radical (unpaired) electrons. The van der Waals surface area contributed by atoms with Gasteiger partial charge >= 0.3 is 0 Å². The predicted molar refractivity (Wildman–Crippen MR) is 110 cm³/mol. The van der Waals surface area contributed by atoms with Crippen LogP contribution < -0.4 is 0 Å². The van der Waals surface area contributed by atoms with Gasteiger partial charge in [0, 0.05) is 0 Å². The van der Waals surface area contributed by atoms with Gasteiger partial charge in [0.25, 0.3) is 0 Å². The molecule has 0 amide bonds. The van der Waals surface area contributed by atoms with Crippen LogP contribution in [0.1, 0.15) is 63.9 Å². The zero-order valence-electron chi connectivity index (χ0n) is 16.7. The van der Waals surface area contributed by atoms with Gasteiger partial charge in [-0.1, -0.05) is 63.5 Å². The second-order valence-electron chi connectivity index (χ2n) is 8.26. The van der Waals surface area contributed by atoms with Gasteiger partial charge in [0.15, 0.2) is 0 Å². The van der Waals surface area contributed by atoms with E-state index in [0.29, 0.717) is 17.9 Å². The highest BCUT2D eigenvalue weighted by Crippen LogP contribution is 2.35. The summed E-state index contributed by atoms with van der Waals surface area (Å²) in [7, 11) is 0. The molecule has 0 heterocycles. The number of halogens is 5. The summed E-state index contributed by atoms with van der Waals surface area (Å²) < 4.78 is 56.4. The molecule has 3 rings (SSSR count). The molecule has 158 valence electrons. The van der Waals surface area contributed by atoms with E-state index in [1.54, 1.807) is 0 Å². The third-order valence-electron chi connectivity index (χ3n) is 6.12. The highest BCUT2D eigenvalue weighted by molar-refractivity contribution is 6.31. The highest BCUT2D eigenvalue weighted by atomic mass is 35.5. The van der Waals surface area contributed by atoms with Crippen molar-refractivity contribution in [2.75, 3.05) is 0 Å². The average Bonchev–Trinajstić information content (AvgIpc) is 2.67. The van der Waals surface area contributed by atoms with Gasteiger partial charge in [-0.2, -0.15) is 0 Å². The van der Waals surface area contributed by atoms with Crippen molar-refractivity contribution < 1.29 is 17.6 Å². The van der Waals surface area contributed by atoms with Crippen LogP contribution in [0.4, 0.5) is 17.6 Å². The summed E-state index contributed by atoms with van der Waals surface area (Å²) in [5, 5.41) is -0.685. The van der Waals surface area contributed by atoms with E-state index < -0.39 is 33.9 Å². The summed E-state index contributed by atoms with van der Waals surface area (Å²) in [6.45, 7) is 2.23. The van der Waals surface area contributed by atoms with E-state index >= 15 is 0 Å². The smallest absolute Gasteiger partial charge is 0.145 e. The molecule has 5 heteroatoms. The van der Waals surface area contributed by atoms with Crippen molar-refractivity contribution in [3.05, 3.63) is 58.1 Å². The topological polar surface area (TPSA) is 0 Å². The fourth-order valence-electron chi connectivity index (χ4n) is 4.56. The van der Waals surface area contributed by atoms with E-state index in [-0.39, 0.29) is 5.56 Å². The summed E-state index contributed by atoms with van der Waals surface area (Å²) in [5.74, 6) is -2.15. The lowest BCUT2D eigenvalue weighted by molar-refractivity contribution is 0.249. The molecule has 1 saturated carbocycles. The van der Waals surface area contributed by atoms with Crippen LogP contribution >= 0.6 is 11.6 Å². The first-order valence-corrected chi connectivity index (χ1v) is 10.9. The molecule has 1 fully saturated rings. The predicted octanol–water partition coefficient (Wildman–Crippen LogP) is 8.49. The van der Waals surface area contributed by atoms with Gasteiger partial charge in [0.05, 0.1) is 5.56 Å². The largest absolute Gasteiger partial charge is 0.206 e. The minimum absolute atomic E-state index is 0.199. The second kappa shape index (κ2) is 9.97. The first-order valence-electron chi connectivity index (χ1n) is 10.5. The lowest BCUT2D eigenvalue weighted by Crippen LogP contribution is -2.14. The monoisotopic (exact) mass is 426 g/mol. The van der Waals surface area contributed by atoms with E-state index in [2.05, 4.69) is 6.92 Å². The summed E-state index contributed by atoms with van der Waals surface area (Å²) in [4.78, 5) is 0. The molecule has 29 heavy (non-hydrogen) atoms. The zero-order chi connectivity index (χ0) is 21.0. The van der Waals surface area contributed by atoms with Crippen LogP contribution in [0.3, 0.4) is 0 Å². The minimum Gasteiger partial charge on any atom is -0.206 e. The molecule has 0 bridgehead atoms. The van der Waals surface area contributed by atoms with Crippen molar-refractivity contribution in [3.8, 4) is 11.1 Å². The van der Waals surface area contributed by atoms with Crippen molar-refractivity contribution in [3.63, 3.8) is 0 Å². The van der Waals surface area contributed by atoms with Crippen LogP contribution in [-0.4, -0.2) is 0 Å². The fraction of sp³-hybridized carbons (Fsp3) is 0.500. The van der Waals surface area contributed by atoms with Crippen molar-refractivity contribution in [1.29, 1.82) is 0 Å². The maximum atomic E-state index is 14.5. The van der Waals surface area contributed by atoms with Crippen molar-refractivity contribution in [1.82, 2.24) is 0 Å². The molecule has 0 unspecified atom stereocenters. The number of rotatable bonds is 7. The van der Waals surface area contributed by atoms with Gasteiger partial charge in [-0.15, -0.1) is 0 Å². The molecular formula is C24H27ClF4. The van der Waals surface area contributed by atoms with Gasteiger partial charge in [-0.3, -0.25) is 0 Å². The Morgan fingerprint density at radius 3 is 1.83 bits per heavy atom.